The maximum atomic E-state index is 12.8. The zero-order valence-corrected chi connectivity index (χ0v) is 30.2. The van der Waals surface area contributed by atoms with Crippen LogP contribution in [0.4, 0.5) is 0 Å². The molecule has 1 heterocycles. The number of ether oxygens (including phenoxy) is 5. The first kappa shape index (κ1) is 36.8. The van der Waals surface area contributed by atoms with E-state index in [1.807, 2.05) is 78.9 Å². The van der Waals surface area contributed by atoms with Gasteiger partial charge in [-0.3, -0.25) is 9.59 Å². The Bertz CT molecular complexity index is 1400. The number of carbonyl (C=O) groups is 2. The third kappa shape index (κ3) is 10.8. The lowest BCUT2D eigenvalue weighted by molar-refractivity contribution is -0.308. The van der Waals surface area contributed by atoms with Gasteiger partial charge in [-0.1, -0.05) is 99.6 Å². The Morgan fingerprint density at radius 3 is 2.00 bits per heavy atom. The fraction of sp³-hybridized carbons (Fsp3) is 0.459. The van der Waals surface area contributed by atoms with E-state index < -0.39 is 57.1 Å². The van der Waals surface area contributed by atoms with Crippen LogP contribution in [0.5, 0.6) is 0 Å². The van der Waals surface area contributed by atoms with Crippen LogP contribution in [-0.2, 0) is 44.3 Å². The molecule has 0 radical (unpaired) electrons. The highest BCUT2D eigenvalue weighted by atomic mass is 32.2. The first-order valence-corrected chi connectivity index (χ1v) is 19.9. The second-order valence-electron chi connectivity index (χ2n) is 13.2. The Hall–Kier alpha value is -2.99. The summed E-state index contributed by atoms with van der Waals surface area (Å²) in [5.74, 6) is -0.371. The molecule has 0 N–H and O–H groups in total. The summed E-state index contributed by atoms with van der Waals surface area (Å²) in [7, 11) is -2.47. The minimum absolute atomic E-state index is 0.109. The molecule has 254 valence electrons. The SMILES string of the molecule is CC(=O)OC[C@H]1O[C@@H](O[Si](C)(C)C(C)(C)C)[C@H](O[C@H](CSc2ccccc2)c2ccccc2)[C@@H](OC(C)=O)[C@@H]1OCc1ccccc1. The second-order valence-corrected chi connectivity index (χ2v) is 19.0. The lowest BCUT2D eigenvalue weighted by atomic mass is 9.97. The van der Waals surface area contributed by atoms with E-state index in [0.717, 1.165) is 16.0 Å². The molecule has 1 aliphatic heterocycles. The van der Waals surface area contributed by atoms with Crippen molar-refractivity contribution in [2.45, 2.75) is 101 Å². The molecule has 1 saturated heterocycles. The van der Waals surface area contributed by atoms with Crippen LogP contribution in [0.2, 0.25) is 18.1 Å². The minimum atomic E-state index is -2.47. The van der Waals surface area contributed by atoms with E-state index in [0.29, 0.717) is 5.75 Å². The Kier molecular flexibility index (Phi) is 13.2. The largest absolute Gasteiger partial charge is 0.463 e. The molecule has 3 aromatic rings. The van der Waals surface area contributed by atoms with Crippen LogP contribution >= 0.6 is 11.8 Å². The standard InChI is InChI=1S/C37H48O8SSi/c1-26(38)40-24-31-33(41-23-28-17-11-8-12-18-28)34(42-27(2)39)35(36(44-31)45-47(6,7)37(3,4)5)43-32(29-19-13-9-14-20-29)25-46-30-21-15-10-16-22-30/h8-22,31-36H,23-25H2,1-7H3/t31-,32-,33-,34+,35-,36+/m1/s1. The molecule has 0 unspecified atom stereocenters. The normalized spacial score (nSPS) is 22.3. The van der Waals surface area contributed by atoms with Crippen LogP contribution in [0.1, 0.15) is 51.8 Å². The summed E-state index contributed by atoms with van der Waals surface area (Å²) in [5, 5.41) is -0.161. The van der Waals surface area contributed by atoms with Gasteiger partial charge in [-0.15, -0.1) is 11.8 Å². The minimum Gasteiger partial charge on any atom is -0.463 e. The number of carbonyl (C=O) groups excluding carboxylic acids is 2. The second kappa shape index (κ2) is 16.9. The topological polar surface area (TPSA) is 89.5 Å². The molecule has 0 spiro atoms. The summed E-state index contributed by atoms with van der Waals surface area (Å²) in [6.07, 6.45) is -4.79. The van der Waals surface area contributed by atoms with E-state index in [1.165, 1.54) is 13.8 Å². The molecule has 1 aliphatic rings. The van der Waals surface area contributed by atoms with Gasteiger partial charge in [-0.2, -0.15) is 0 Å². The van der Waals surface area contributed by atoms with Gasteiger partial charge in [0.15, 0.2) is 20.7 Å². The van der Waals surface area contributed by atoms with Gasteiger partial charge < -0.3 is 28.1 Å². The van der Waals surface area contributed by atoms with Crippen molar-refractivity contribution in [2.75, 3.05) is 12.4 Å². The maximum Gasteiger partial charge on any atom is 0.303 e. The lowest BCUT2D eigenvalue weighted by Crippen LogP contribution is -2.64. The number of esters is 2. The van der Waals surface area contributed by atoms with Crippen molar-refractivity contribution < 1.29 is 37.7 Å². The van der Waals surface area contributed by atoms with Crippen LogP contribution < -0.4 is 0 Å². The number of benzene rings is 3. The average Bonchev–Trinajstić information content (AvgIpc) is 3.03. The van der Waals surface area contributed by atoms with E-state index >= 15 is 0 Å². The Morgan fingerprint density at radius 2 is 1.43 bits per heavy atom. The Labute approximate surface area is 284 Å². The third-order valence-electron chi connectivity index (χ3n) is 8.48. The van der Waals surface area contributed by atoms with Crippen molar-refractivity contribution >= 4 is 32.0 Å². The number of hydrogen-bond donors (Lipinski definition) is 0. The van der Waals surface area contributed by atoms with Gasteiger partial charge in [0.05, 0.1) is 12.7 Å². The summed E-state index contributed by atoms with van der Waals surface area (Å²) in [4.78, 5) is 25.9. The van der Waals surface area contributed by atoms with Crippen LogP contribution in [0.3, 0.4) is 0 Å². The fourth-order valence-electron chi connectivity index (χ4n) is 4.97. The number of hydrogen-bond acceptors (Lipinski definition) is 9. The van der Waals surface area contributed by atoms with Gasteiger partial charge >= 0.3 is 11.9 Å². The van der Waals surface area contributed by atoms with Crippen LogP contribution in [-0.4, -0.2) is 63.3 Å². The average molecular weight is 681 g/mol. The van der Waals surface area contributed by atoms with E-state index in [4.69, 9.17) is 28.1 Å². The van der Waals surface area contributed by atoms with Crippen molar-refractivity contribution in [3.8, 4) is 0 Å². The molecule has 8 nitrogen and oxygen atoms in total. The lowest BCUT2D eigenvalue weighted by Gasteiger charge is -2.49. The van der Waals surface area contributed by atoms with E-state index in [9.17, 15) is 9.59 Å². The Balaban J connectivity index is 1.76. The van der Waals surface area contributed by atoms with E-state index in [-0.39, 0.29) is 18.3 Å². The molecule has 47 heavy (non-hydrogen) atoms. The van der Waals surface area contributed by atoms with Crippen molar-refractivity contribution in [2.24, 2.45) is 0 Å². The van der Waals surface area contributed by atoms with Gasteiger partial charge in [0.25, 0.3) is 0 Å². The van der Waals surface area contributed by atoms with Crippen molar-refractivity contribution in [3.05, 3.63) is 102 Å². The highest BCUT2D eigenvalue weighted by Crippen LogP contribution is 2.41. The van der Waals surface area contributed by atoms with Crippen LogP contribution in [0, 0.1) is 0 Å². The first-order chi connectivity index (χ1) is 22.3. The van der Waals surface area contributed by atoms with Crippen LogP contribution in [0.25, 0.3) is 0 Å². The first-order valence-electron chi connectivity index (χ1n) is 16.0. The summed E-state index contributed by atoms with van der Waals surface area (Å²) in [6.45, 7) is 13.5. The Morgan fingerprint density at radius 1 is 0.830 bits per heavy atom. The smallest absolute Gasteiger partial charge is 0.303 e. The van der Waals surface area contributed by atoms with Gasteiger partial charge in [-0.25, -0.2) is 0 Å². The molecule has 0 aromatic heterocycles. The zero-order valence-electron chi connectivity index (χ0n) is 28.4. The predicted octanol–water partition coefficient (Wildman–Crippen LogP) is 7.73. The fourth-order valence-corrected chi connectivity index (χ4v) is 7.06. The third-order valence-corrected chi connectivity index (χ3v) is 14.0. The molecule has 10 heteroatoms. The molecular weight excluding hydrogens is 633 g/mol. The zero-order chi connectivity index (χ0) is 34.0. The monoisotopic (exact) mass is 680 g/mol. The van der Waals surface area contributed by atoms with E-state index in [2.05, 4.69) is 46.0 Å². The molecule has 3 aromatic carbocycles. The quantitative estimate of drug-likeness (QED) is 0.0964. The molecule has 1 fully saturated rings. The van der Waals surface area contributed by atoms with Gasteiger partial charge in [0.1, 0.15) is 24.9 Å². The summed E-state index contributed by atoms with van der Waals surface area (Å²) < 4.78 is 38.7. The van der Waals surface area contributed by atoms with Crippen LogP contribution in [0.15, 0.2) is 95.9 Å². The molecular formula is C37H48O8SSi. The molecule has 0 bridgehead atoms. The molecule has 6 atom stereocenters. The molecule has 0 aliphatic carbocycles. The van der Waals surface area contributed by atoms with Crippen molar-refractivity contribution in [3.63, 3.8) is 0 Å². The van der Waals surface area contributed by atoms with E-state index in [1.54, 1.807) is 11.8 Å². The van der Waals surface area contributed by atoms with Gasteiger partial charge in [0, 0.05) is 24.5 Å². The highest BCUT2D eigenvalue weighted by Gasteiger charge is 2.53. The van der Waals surface area contributed by atoms with Crippen molar-refractivity contribution in [1.29, 1.82) is 0 Å². The van der Waals surface area contributed by atoms with Crippen molar-refractivity contribution in [1.82, 2.24) is 0 Å². The molecule has 4 rings (SSSR count). The predicted molar refractivity (Wildman–Crippen MR) is 185 cm³/mol. The highest BCUT2D eigenvalue weighted by molar-refractivity contribution is 7.99. The maximum absolute atomic E-state index is 12.8. The van der Waals surface area contributed by atoms with Gasteiger partial charge in [0.2, 0.25) is 0 Å². The van der Waals surface area contributed by atoms with Gasteiger partial charge in [-0.05, 0) is 41.4 Å². The summed E-state index contributed by atoms with van der Waals surface area (Å²) in [6, 6.07) is 29.8. The summed E-state index contributed by atoms with van der Waals surface area (Å²) >= 11 is 1.67. The summed E-state index contributed by atoms with van der Waals surface area (Å²) in [5.41, 5.74) is 1.89. The molecule has 0 saturated carbocycles. The number of rotatable bonds is 14. The molecule has 0 amide bonds. The number of thioether (sulfide) groups is 1.